The van der Waals surface area contributed by atoms with Crippen molar-refractivity contribution in [3.8, 4) is 0 Å². The van der Waals surface area contributed by atoms with Crippen molar-refractivity contribution in [2.75, 3.05) is 0 Å². The molecule has 1 aromatic heterocycles. The molecule has 1 nitrogen and oxygen atoms in total. The monoisotopic (exact) mass is 223 g/mol. The van der Waals surface area contributed by atoms with Gasteiger partial charge in [-0.3, -0.25) is 4.98 Å². The lowest BCUT2D eigenvalue weighted by Crippen LogP contribution is -1.93. The predicted octanol–water partition coefficient (Wildman–Crippen LogP) is 4.21. The van der Waals surface area contributed by atoms with Gasteiger partial charge in [-0.25, -0.2) is 0 Å². The maximum absolute atomic E-state index is 4.40. The van der Waals surface area contributed by atoms with Crippen LogP contribution in [0, 0.1) is 6.92 Å². The molecule has 0 bridgehead atoms. The number of nitrogens with zero attached hydrogens (tertiary/aromatic N) is 1. The predicted molar refractivity (Wildman–Crippen MR) is 72.9 cm³/mol. The Morgan fingerprint density at radius 2 is 1.88 bits per heavy atom. The van der Waals surface area contributed by atoms with Crippen LogP contribution in [0.2, 0.25) is 0 Å². The highest BCUT2D eigenvalue weighted by Gasteiger charge is 2.02. The molecule has 1 heteroatoms. The van der Waals surface area contributed by atoms with Gasteiger partial charge in [0.2, 0.25) is 0 Å². The highest BCUT2D eigenvalue weighted by molar-refractivity contribution is 5.50. The average molecular weight is 223 g/mol. The zero-order chi connectivity index (χ0) is 12.1. The van der Waals surface area contributed by atoms with Crippen LogP contribution in [0.4, 0.5) is 0 Å². The summed E-state index contributed by atoms with van der Waals surface area (Å²) in [5.41, 5.74) is 3.61. The number of allylic oxidation sites excluding steroid dienone is 1. The molecule has 2 rings (SSSR count). The first-order valence-electron chi connectivity index (χ1n) is 5.91. The van der Waals surface area contributed by atoms with Gasteiger partial charge in [-0.05, 0) is 30.2 Å². The van der Waals surface area contributed by atoms with Crippen LogP contribution in [-0.4, -0.2) is 4.98 Å². The summed E-state index contributed by atoms with van der Waals surface area (Å²) in [6.45, 7) is 4.26. The summed E-state index contributed by atoms with van der Waals surface area (Å²) in [6, 6.07) is 14.5. The van der Waals surface area contributed by atoms with Gasteiger partial charge in [0.05, 0.1) is 0 Å². The van der Waals surface area contributed by atoms with Crippen molar-refractivity contribution in [2.24, 2.45) is 0 Å². The van der Waals surface area contributed by atoms with E-state index in [0.717, 1.165) is 5.69 Å². The van der Waals surface area contributed by atoms with Gasteiger partial charge in [0.25, 0.3) is 0 Å². The second kappa shape index (κ2) is 5.44. The van der Waals surface area contributed by atoms with Gasteiger partial charge in [-0.2, -0.15) is 0 Å². The fraction of sp³-hybridized carbons (Fsp3) is 0.188. The van der Waals surface area contributed by atoms with Crippen LogP contribution in [0.15, 0.2) is 54.7 Å². The van der Waals surface area contributed by atoms with Crippen molar-refractivity contribution in [2.45, 2.75) is 19.8 Å². The molecule has 0 saturated carbocycles. The van der Waals surface area contributed by atoms with Gasteiger partial charge in [0, 0.05) is 17.8 Å². The molecule has 0 N–H and O–H groups in total. The minimum Gasteiger partial charge on any atom is -0.261 e. The minimum absolute atomic E-state index is 0.343. The molecular formula is C16H17N. The molecule has 17 heavy (non-hydrogen) atoms. The number of pyridine rings is 1. The Balaban J connectivity index is 2.12. The van der Waals surface area contributed by atoms with Crippen LogP contribution >= 0.6 is 0 Å². The standard InChI is InChI=1S/C16H17N/c1-13-10-11-17-16(12-13)14(2)8-9-15-6-4-3-5-7-15/h3-12,14H,1-2H3/b9-8+/t14-/m1/s1. The molecule has 0 fully saturated rings. The number of aryl methyl sites for hydroxylation is 1. The summed E-state index contributed by atoms with van der Waals surface area (Å²) < 4.78 is 0. The fourth-order valence-electron chi connectivity index (χ4n) is 1.73. The van der Waals surface area contributed by atoms with E-state index >= 15 is 0 Å². The smallest absolute Gasteiger partial charge is 0.0472 e. The van der Waals surface area contributed by atoms with E-state index in [4.69, 9.17) is 0 Å². The van der Waals surface area contributed by atoms with Gasteiger partial charge >= 0.3 is 0 Å². The van der Waals surface area contributed by atoms with Crippen LogP contribution < -0.4 is 0 Å². The maximum atomic E-state index is 4.40. The number of rotatable bonds is 3. The van der Waals surface area contributed by atoms with Gasteiger partial charge in [0.15, 0.2) is 0 Å². The SMILES string of the molecule is Cc1ccnc([C@H](C)/C=C/c2ccccc2)c1. The summed E-state index contributed by atoms with van der Waals surface area (Å²) in [5.74, 6) is 0.343. The third kappa shape index (κ3) is 3.28. The first-order chi connectivity index (χ1) is 8.25. The lowest BCUT2D eigenvalue weighted by molar-refractivity contribution is 0.907. The Morgan fingerprint density at radius 3 is 2.59 bits per heavy atom. The Morgan fingerprint density at radius 1 is 1.12 bits per heavy atom. The molecule has 2 aromatic rings. The van der Waals surface area contributed by atoms with E-state index in [2.05, 4.69) is 61.3 Å². The molecule has 1 aromatic carbocycles. The van der Waals surface area contributed by atoms with E-state index in [9.17, 15) is 0 Å². The number of aromatic nitrogens is 1. The summed E-state index contributed by atoms with van der Waals surface area (Å²) in [5, 5.41) is 0. The van der Waals surface area contributed by atoms with Crippen molar-refractivity contribution in [1.82, 2.24) is 4.98 Å². The second-order valence-corrected chi connectivity index (χ2v) is 4.32. The first kappa shape index (κ1) is 11.6. The molecule has 86 valence electrons. The van der Waals surface area contributed by atoms with Crippen molar-refractivity contribution in [3.05, 3.63) is 71.6 Å². The van der Waals surface area contributed by atoms with E-state index in [0.29, 0.717) is 5.92 Å². The third-order valence-electron chi connectivity index (χ3n) is 2.78. The molecule has 0 unspecified atom stereocenters. The Labute approximate surface area is 103 Å². The molecule has 0 amide bonds. The quantitative estimate of drug-likeness (QED) is 0.759. The van der Waals surface area contributed by atoms with Crippen LogP contribution in [0.5, 0.6) is 0 Å². The Kier molecular flexibility index (Phi) is 3.71. The maximum Gasteiger partial charge on any atom is 0.0472 e. The van der Waals surface area contributed by atoms with E-state index in [-0.39, 0.29) is 0 Å². The van der Waals surface area contributed by atoms with E-state index < -0.39 is 0 Å². The van der Waals surface area contributed by atoms with Crippen molar-refractivity contribution >= 4 is 6.08 Å². The van der Waals surface area contributed by atoms with Gasteiger partial charge in [-0.15, -0.1) is 0 Å². The van der Waals surface area contributed by atoms with E-state index in [1.807, 2.05) is 18.3 Å². The summed E-state index contributed by atoms with van der Waals surface area (Å²) in [4.78, 5) is 4.40. The Bertz CT molecular complexity index is 500. The van der Waals surface area contributed by atoms with Gasteiger partial charge in [-0.1, -0.05) is 49.4 Å². The molecular weight excluding hydrogens is 206 g/mol. The zero-order valence-electron chi connectivity index (χ0n) is 10.3. The molecule has 0 aliphatic rings. The van der Waals surface area contributed by atoms with Crippen LogP contribution in [-0.2, 0) is 0 Å². The number of hydrogen-bond donors (Lipinski definition) is 0. The minimum atomic E-state index is 0.343. The fourth-order valence-corrected chi connectivity index (χ4v) is 1.73. The van der Waals surface area contributed by atoms with E-state index in [1.165, 1.54) is 11.1 Å². The van der Waals surface area contributed by atoms with Crippen LogP contribution in [0.1, 0.15) is 29.7 Å². The largest absolute Gasteiger partial charge is 0.261 e. The normalized spacial score (nSPS) is 12.8. The molecule has 0 saturated heterocycles. The second-order valence-electron chi connectivity index (χ2n) is 4.32. The number of benzene rings is 1. The summed E-state index contributed by atoms with van der Waals surface area (Å²) >= 11 is 0. The highest BCUT2D eigenvalue weighted by atomic mass is 14.7. The average Bonchev–Trinajstić information content (AvgIpc) is 2.37. The summed E-state index contributed by atoms with van der Waals surface area (Å²) in [7, 11) is 0. The van der Waals surface area contributed by atoms with Crippen molar-refractivity contribution in [1.29, 1.82) is 0 Å². The Hall–Kier alpha value is -1.89. The van der Waals surface area contributed by atoms with Gasteiger partial charge in [0.1, 0.15) is 0 Å². The van der Waals surface area contributed by atoms with Crippen molar-refractivity contribution in [3.63, 3.8) is 0 Å². The lowest BCUT2D eigenvalue weighted by atomic mass is 10.0. The molecule has 1 atom stereocenters. The molecule has 0 aliphatic heterocycles. The molecule has 0 spiro atoms. The zero-order valence-corrected chi connectivity index (χ0v) is 10.3. The topological polar surface area (TPSA) is 12.9 Å². The van der Waals surface area contributed by atoms with Gasteiger partial charge < -0.3 is 0 Å². The lowest BCUT2D eigenvalue weighted by Gasteiger charge is -2.06. The highest BCUT2D eigenvalue weighted by Crippen LogP contribution is 2.16. The molecule has 1 heterocycles. The molecule has 0 aliphatic carbocycles. The van der Waals surface area contributed by atoms with Crippen LogP contribution in [0.25, 0.3) is 6.08 Å². The van der Waals surface area contributed by atoms with Crippen molar-refractivity contribution < 1.29 is 0 Å². The third-order valence-corrected chi connectivity index (χ3v) is 2.78. The first-order valence-corrected chi connectivity index (χ1v) is 5.91. The summed E-state index contributed by atoms with van der Waals surface area (Å²) in [6.07, 6.45) is 6.21. The number of hydrogen-bond acceptors (Lipinski definition) is 1. The van der Waals surface area contributed by atoms with Crippen LogP contribution in [0.3, 0.4) is 0 Å². The molecule has 0 radical (unpaired) electrons. The van der Waals surface area contributed by atoms with E-state index in [1.54, 1.807) is 0 Å².